The Morgan fingerprint density at radius 1 is 0.941 bits per heavy atom. The topological polar surface area (TPSA) is 79.2 Å². The molecular weight excluding hydrogens is 456 g/mol. The third kappa shape index (κ3) is 5.38. The lowest BCUT2D eigenvalue weighted by Crippen LogP contribution is -2.55. The van der Waals surface area contributed by atoms with Crippen molar-refractivity contribution in [2.45, 2.75) is 38.7 Å². The number of benzene rings is 2. The van der Waals surface area contributed by atoms with E-state index in [2.05, 4.69) is 9.80 Å². The van der Waals surface area contributed by atoms with E-state index in [-0.39, 0.29) is 16.5 Å². The summed E-state index contributed by atoms with van der Waals surface area (Å²) in [5, 5.41) is 12.2. The Balaban J connectivity index is 1.42. The van der Waals surface area contributed by atoms with Gasteiger partial charge in [0.05, 0.1) is 4.92 Å². The van der Waals surface area contributed by atoms with Crippen molar-refractivity contribution >= 4 is 34.6 Å². The number of carbonyl (C=O) groups excluding carboxylic acids is 1. The molecular formula is C25H31ClN4O4. The summed E-state index contributed by atoms with van der Waals surface area (Å²) in [4.78, 5) is 30.6. The first-order chi connectivity index (χ1) is 16.2. The van der Waals surface area contributed by atoms with Crippen LogP contribution in [0.4, 0.5) is 17.1 Å². The molecule has 2 aliphatic heterocycles. The van der Waals surface area contributed by atoms with Gasteiger partial charge in [0, 0.05) is 56.0 Å². The average molecular weight is 487 g/mol. The van der Waals surface area contributed by atoms with Gasteiger partial charge in [0.15, 0.2) is 5.60 Å². The summed E-state index contributed by atoms with van der Waals surface area (Å²) < 4.78 is 5.97. The first-order valence-corrected chi connectivity index (χ1v) is 12.1. The van der Waals surface area contributed by atoms with E-state index in [0.717, 1.165) is 38.0 Å². The van der Waals surface area contributed by atoms with Gasteiger partial charge in [0.1, 0.15) is 11.4 Å². The van der Waals surface area contributed by atoms with Crippen LogP contribution in [0.25, 0.3) is 0 Å². The number of nitro groups is 1. The lowest BCUT2D eigenvalue weighted by molar-refractivity contribution is -0.384. The Kier molecular flexibility index (Phi) is 7.16. The molecule has 2 heterocycles. The third-order valence-corrected chi connectivity index (χ3v) is 6.74. The normalized spacial score (nSPS) is 17.0. The molecule has 182 valence electrons. The molecule has 4 rings (SSSR count). The van der Waals surface area contributed by atoms with Gasteiger partial charge in [0.25, 0.3) is 11.6 Å². The smallest absolute Gasteiger partial charge is 0.292 e. The molecule has 0 saturated carbocycles. The number of anilines is 2. The molecule has 2 aliphatic rings. The number of carbonyl (C=O) groups is 1. The highest BCUT2D eigenvalue weighted by atomic mass is 35.5. The largest absolute Gasteiger partial charge is 0.478 e. The van der Waals surface area contributed by atoms with Crippen LogP contribution in [0, 0.1) is 10.1 Å². The average Bonchev–Trinajstić information content (AvgIpc) is 2.85. The Morgan fingerprint density at radius 2 is 1.59 bits per heavy atom. The van der Waals surface area contributed by atoms with Crippen molar-refractivity contribution in [2.24, 2.45) is 0 Å². The Hall–Kier alpha value is -3.00. The molecule has 0 spiro atoms. The summed E-state index contributed by atoms with van der Waals surface area (Å²) in [5.74, 6) is 0.525. The number of piperazine rings is 1. The molecule has 0 bridgehead atoms. The van der Waals surface area contributed by atoms with Crippen LogP contribution in [0.1, 0.15) is 33.1 Å². The molecule has 2 aromatic rings. The van der Waals surface area contributed by atoms with Crippen LogP contribution in [-0.4, -0.2) is 60.6 Å². The highest BCUT2D eigenvalue weighted by Crippen LogP contribution is 2.34. The number of amides is 1. The van der Waals surface area contributed by atoms with Gasteiger partial charge in [-0.05, 0) is 69.5 Å². The number of ether oxygens (including phenoxy) is 1. The van der Waals surface area contributed by atoms with E-state index in [4.69, 9.17) is 16.3 Å². The number of nitro benzene ring substituents is 1. The van der Waals surface area contributed by atoms with Crippen molar-refractivity contribution in [3.8, 4) is 5.75 Å². The molecule has 0 radical (unpaired) electrons. The lowest BCUT2D eigenvalue weighted by Gasteiger charge is -2.39. The summed E-state index contributed by atoms with van der Waals surface area (Å²) in [5.41, 5.74) is 0.791. The van der Waals surface area contributed by atoms with Crippen molar-refractivity contribution in [1.29, 1.82) is 0 Å². The second kappa shape index (κ2) is 10.1. The second-order valence-electron chi connectivity index (χ2n) is 9.32. The van der Waals surface area contributed by atoms with E-state index < -0.39 is 5.60 Å². The highest BCUT2D eigenvalue weighted by Gasteiger charge is 2.36. The van der Waals surface area contributed by atoms with Crippen LogP contribution in [0.3, 0.4) is 0 Å². The van der Waals surface area contributed by atoms with Gasteiger partial charge < -0.3 is 19.4 Å². The van der Waals surface area contributed by atoms with Crippen LogP contribution in [-0.2, 0) is 4.79 Å². The van der Waals surface area contributed by atoms with E-state index in [0.29, 0.717) is 42.6 Å². The molecule has 2 aromatic carbocycles. The van der Waals surface area contributed by atoms with Crippen LogP contribution in [0.5, 0.6) is 5.75 Å². The van der Waals surface area contributed by atoms with Gasteiger partial charge in [-0.15, -0.1) is 0 Å². The lowest BCUT2D eigenvalue weighted by atomic mass is 10.1. The third-order valence-electron chi connectivity index (χ3n) is 6.49. The van der Waals surface area contributed by atoms with Crippen molar-refractivity contribution in [3.63, 3.8) is 0 Å². The zero-order chi connectivity index (χ0) is 24.3. The van der Waals surface area contributed by atoms with Crippen LogP contribution >= 0.6 is 11.6 Å². The molecule has 0 atom stereocenters. The predicted octanol–water partition coefficient (Wildman–Crippen LogP) is 4.74. The molecule has 0 unspecified atom stereocenters. The van der Waals surface area contributed by atoms with Gasteiger partial charge in [-0.3, -0.25) is 14.9 Å². The maximum absolute atomic E-state index is 13.2. The number of piperidine rings is 1. The Bertz CT molecular complexity index is 1030. The maximum Gasteiger partial charge on any atom is 0.292 e. The number of hydrogen-bond donors (Lipinski definition) is 0. The molecule has 2 fully saturated rings. The Morgan fingerprint density at radius 3 is 2.21 bits per heavy atom. The van der Waals surface area contributed by atoms with Gasteiger partial charge in [-0.2, -0.15) is 0 Å². The fraction of sp³-hybridized carbons (Fsp3) is 0.480. The standard InChI is InChI=1S/C25H31ClN4O4/c1-25(2,34-21-9-6-19(26)7-10-21)24(31)29-16-14-27(15-17-29)20-8-11-22(30(32)33)23(18-20)28-12-4-3-5-13-28/h6-11,18H,3-5,12-17H2,1-2H3. The summed E-state index contributed by atoms with van der Waals surface area (Å²) >= 11 is 5.94. The number of halogens is 1. The monoisotopic (exact) mass is 486 g/mol. The summed E-state index contributed by atoms with van der Waals surface area (Å²) in [6.07, 6.45) is 3.27. The van der Waals surface area contributed by atoms with E-state index in [9.17, 15) is 14.9 Å². The minimum Gasteiger partial charge on any atom is -0.478 e. The van der Waals surface area contributed by atoms with E-state index in [1.165, 1.54) is 0 Å². The first kappa shape index (κ1) is 24.1. The Labute approximate surface area is 205 Å². The van der Waals surface area contributed by atoms with Gasteiger partial charge >= 0.3 is 0 Å². The quantitative estimate of drug-likeness (QED) is 0.433. The minimum atomic E-state index is -1.01. The van der Waals surface area contributed by atoms with Crippen LogP contribution in [0.2, 0.25) is 5.02 Å². The fourth-order valence-electron chi connectivity index (χ4n) is 4.64. The van der Waals surface area contributed by atoms with Crippen LogP contribution in [0.15, 0.2) is 42.5 Å². The van der Waals surface area contributed by atoms with E-state index >= 15 is 0 Å². The zero-order valence-electron chi connectivity index (χ0n) is 19.7. The number of hydrogen-bond acceptors (Lipinski definition) is 6. The molecule has 0 aliphatic carbocycles. The zero-order valence-corrected chi connectivity index (χ0v) is 20.5. The summed E-state index contributed by atoms with van der Waals surface area (Å²) in [6.45, 7) is 7.66. The number of rotatable bonds is 6. The van der Waals surface area contributed by atoms with Crippen LogP contribution < -0.4 is 14.5 Å². The second-order valence-corrected chi connectivity index (χ2v) is 9.76. The van der Waals surface area contributed by atoms with Gasteiger partial charge in [0.2, 0.25) is 0 Å². The van der Waals surface area contributed by atoms with Gasteiger partial charge in [-0.1, -0.05) is 11.6 Å². The van der Waals surface area contributed by atoms with Crippen molar-refractivity contribution in [1.82, 2.24) is 4.90 Å². The van der Waals surface area contributed by atoms with E-state index in [1.807, 2.05) is 17.0 Å². The highest BCUT2D eigenvalue weighted by molar-refractivity contribution is 6.30. The SMILES string of the molecule is CC(C)(Oc1ccc(Cl)cc1)C(=O)N1CCN(c2ccc([N+](=O)[O-])c(N3CCCCC3)c2)CC1. The summed E-state index contributed by atoms with van der Waals surface area (Å²) in [6, 6.07) is 12.3. The fourth-order valence-corrected chi connectivity index (χ4v) is 4.77. The molecule has 0 N–H and O–H groups in total. The summed E-state index contributed by atoms with van der Waals surface area (Å²) in [7, 11) is 0. The molecule has 1 amide bonds. The minimum absolute atomic E-state index is 0.0696. The molecule has 9 heteroatoms. The van der Waals surface area contributed by atoms with Crippen molar-refractivity contribution < 1.29 is 14.5 Å². The van der Waals surface area contributed by atoms with E-state index in [1.54, 1.807) is 44.2 Å². The van der Waals surface area contributed by atoms with Gasteiger partial charge in [-0.25, -0.2) is 0 Å². The number of nitrogens with zero attached hydrogens (tertiary/aromatic N) is 4. The molecule has 8 nitrogen and oxygen atoms in total. The molecule has 0 aromatic heterocycles. The molecule has 2 saturated heterocycles. The van der Waals surface area contributed by atoms with Crippen molar-refractivity contribution in [2.75, 3.05) is 49.1 Å². The maximum atomic E-state index is 13.2. The first-order valence-electron chi connectivity index (χ1n) is 11.8. The predicted molar refractivity (Wildman–Crippen MR) is 134 cm³/mol. The molecule has 34 heavy (non-hydrogen) atoms. The van der Waals surface area contributed by atoms with Crippen molar-refractivity contribution in [3.05, 3.63) is 57.6 Å².